The second kappa shape index (κ2) is 5.15. The van der Waals surface area contributed by atoms with Crippen LogP contribution < -0.4 is 15.8 Å². The molecule has 0 bridgehead atoms. The van der Waals surface area contributed by atoms with Crippen molar-refractivity contribution in [3.8, 4) is 5.75 Å². The van der Waals surface area contributed by atoms with Gasteiger partial charge in [-0.1, -0.05) is 11.6 Å². The Labute approximate surface area is 114 Å². The monoisotopic (exact) mass is 281 g/mol. The van der Waals surface area contributed by atoms with Gasteiger partial charge in [-0.25, -0.2) is 0 Å². The van der Waals surface area contributed by atoms with Crippen LogP contribution in [0.5, 0.6) is 5.75 Å². The number of amides is 1. The van der Waals surface area contributed by atoms with Crippen molar-refractivity contribution in [1.29, 1.82) is 0 Å². The number of aromatic nitrogens is 3. The molecule has 4 N–H and O–H groups in total. The van der Waals surface area contributed by atoms with Crippen molar-refractivity contribution >= 4 is 29.1 Å². The van der Waals surface area contributed by atoms with E-state index in [1.54, 1.807) is 12.1 Å². The molecule has 1 aromatic carbocycles. The van der Waals surface area contributed by atoms with Crippen LogP contribution in [0.2, 0.25) is 5.02 Å². The summed E-state index contributed by atoms with van der Waals surface area (Å²) >= 11 is 5.98. The molecule has 0 atom stereocenters. The molecule has 0 aliphatic carbocycles. The number of methoxy groups -OCH3 is 1. The highest BCUT2D eigenvalue weighted by molar-refractivity contribution is 6.31. The molecule has 0 fully saturated rings. The summed E-state index contributed by atoms with van der Waals surface area (Å²) in [6.07, 6.45) is 0. The Morgan fingerprint density at radius 2 is 2.26 bits per heavy atom. The fraction of sp³-hybridized carbons (Fsp3) is 0.182. The number of halogens is 1. The first-order valence-corrected chi connectivity index (χ1v) is 5.72. The van der Waals surface area contributed by atoms with Gasteiger partial charge in [0.2, 0.25) is 11.8 Å². The second-order valence-electron chi connectivity index (χ2n) is 3.80. The molecule has 8 heteroatoms. The molecule has 0 aliphatic rings. The Bertz CT molecular complexity index is 626. The highest BCUT2D eigenvalue weighted by Crippen LogP contribution is 2.31. The van der Waals surface area contributed by atoms with Gasteiger partial charge in [-0.2, -0.15) is 4.98 Å². The molecule has 100 valence electrons. The van der Waals surface area contributed by atoms with E-state index in [4.69, 9.17) is 22.1 Å². The highest BCUT2D eigenvalue weighted by atomic mass is 35.5. The molecule has 2 aromatic rings. The normalized spacial score (nSPS) is 10.3. The average Bonchev–Trinajstić information content (AvgIpc) is 2.80. The third-order valence-corrected chi connectivity index (χ3v) is 2.85. The summed E-state index contributed by atoms with van der Waals surface area (Å²) in [7, 11) is 1.49. The topological polar surface area (TPSA) is 106 Å². The van der Waals surface area contributed by atoms with Crippen LogP contribution >= 0.6 is 11.6 Å². The lowest BCUT2D eigenvalue weighted by Gasteiger charge is -2.11. The molecular formula is C11H12ClN5O2. The highest BCUT2D eigenvalue weighted by Gasteiger charge is 2.14. The van der Waals surface area contributed by atoms with Gasteiger partial charge in [0, 0.05) is 11.1 Å². The summed E-state index contributed by atoms with van der Waals surface area (Å²) < 4.78 is 5.15. The molecule has 0 saturated heterocycles. The number of carbonyl (C=O) groups is 1. The van der Waals surface area contributed by atoms with E-state index in [-0.39, 0.29) is 11.8 Å². The molecule has 7 nitrogen and oxygen atoms in total. The zero-order valence-corrected chi connectivity index (χ0v) is 11.1. The number of ether oxygens (including phenoxy) is 1. The van der Waals surface area contributed by atoms with E-state index in [1.165, 1.54) is 7.11 Å². The Morgan fingerprint density at radius 3 is 2.84 bits per heavy atom. The molecule has 19 heavy (non-hydrogen) atoms. The summed E-state index contributed by atoms with van der Waals surface area (Å²) in [5, 5.41) is 9.21. The number of anilines is 2. The van der Waals surface area contributed by atoms with Crippen LogP contribution in [-0.4, -0.2) is 28.2 Å². The maximum absolute atomic E-state index is 11.9. The standard InChI is InChI=1S/C11H12ClN5O2/c1-5-3-7(8(19-2)4-6(5)12)14-10(18)9-15-11(13)17-16-9/h3-4H,1-2H3,(H,14,18)(H3,13,15,16,17). The van der Waals surface area contributed by atoms with Crippen LogP contribution in [0.4, 0.5) is 11.6 Å². The number of hydrogen-bond donors (Lipinski definition) is 3. The minimum absolute atomic E-state index is 0.00408. The van der Waals surface area contributed by atoms with Gasteiger partial charge >= 0.3 is 0 Å². The first-order chi connectivity index (χ1) is 9.01. The van der Waals surface area contributed by atoms with E-state index in [2.05, 4.69) is 20.5 Å². The van der Waals surface area contributed by atoms with Gasteiger partial charge in [0.15, 0.2) is 0 Å². The molecule has 0 aliphatic heterocycles. The smallest absolute Gasteiger partial charge is 0.293 e. The maximum Gasteiger partial charge on any atom is 0.293 e. The summed E-state index contributed by atoms with van der Waals surface area (Å²) in [6, 6.07) is 3.33. The van der Waals surface area contributed by atoms with Gasteiger partial charge in [0.1, 0.15) is 5.75 Å². The van der Waals surface area contributed by atoms with Gasteiger partial charge in [0.05, 0.1) is 12.8 Å². The zero-order valence-electron chi connectivity index (χ0n) is 10.3. The number of aryl methyl sites for hydroxylation is 1. The van der Waals surface area contributed by atoms with E-state index >= 15 is 0 Å². The number of hydrogen-bond acceptors (Lipinski definition) is 5. The van der Waals surface area contributed by atoms with Crippen molar-refractivity contribution in [3.05, 3.63) is 28.5 Å². The third kappa shape index (κ3) is 2.76. The number of rotatable bonds is 3. The molecule has 0 unspecified atom stereocenters. The molecule has 1 aromatic heterocycles. The van der Waals surface area contributed by atoms with Crippen molar-refractivity contribution in [1.82, 2.24) is 15.2 Å². The van der Waals surface area contributed by atoms with Crippen molar-refractivity contribution in [2.24, 2.45) is 0 Å². The minimum Gasteiger partial charge on any atom is -0.495 e. The third-order valence-electron chi connectivity index (χ3n) is 2.45. The van der Waals surface area contributed by atoms with Gasteiger partial charge < -0.3 is 15.8 Å². The Kier molecular flexibility index (Phi) is 3.57. The van der Waals surface area contributed by atoms with Gasteiger partial charge in [0.25, 0.3) is 5.91 Å². The van der Waals surface area contributed by atoms with Crippen LogP contribution in [0.1, 0.15) is 16.2 Å². The lowest BCUT2D eigenvalue weighted by molar-refractivity contribution is 0.101. The SMILES string of the molecule is COc1cc(Cl)c(C)cc1NC(=O)c1nc(N)n[nH]1. The Hall–Kier alpha value is -2.28. The fourth-order valence-electron chi connectivity index (χ4n) is 1.49. The zero-order chi connectivity index (χ0) is 14.0. The summed E-state index contributed by atoms with van der Waals surface area (Å²) in [5.41, 5.74) is 6.64. The van der Waals surface area contributed by atoms with E-state index in [0.29, 0.717) is 16.5 Å². The molecule has 1 heterocycles. The Balaban J connectivity index is 2.28. The Morgan fingerprint density at radius 1 is 1.53 bits per heavy atom. The number of nitrogens with two attached hydrogens (primary N) is 1. The molecular weight excluding hydrogens is 270 g/mol. The van der Waals surface area contributed by atoms with Crippen molar-refractivity contribution in [3.63, 3.8) is 0 Å². The predicted octanol–water partition coefficient (Wildman–Crippen LogP) is 1.61. The number of carbonyl (C=O) groups excluding carboxylic acids is 1. The number of benzene rings is 1. The minimum atomic E-state index is -0.468. The van der Waals surface area contributed by atoms with E-state index in [0.717, 1.165) is 5.56 Å². The summed E-state index contributed by atoms with van der Waals surface area (Å²) in [6.45, 7) is 1.82. The molecule has 0 saturated carbocycles. The fourth-order valence-corrected chi connectivity index (χ4v) is 1.64. The van der Waals surface area contributed by atoms with Crippen molar-refractivity contribution in [2.75, 3.05) is 18.2 Å². The largest absolute Gasteiger partial charge is 0.495 e. The van der Waals surface area contributed by atoms with Gasteiger partial charge in [-0.05, 0) is 18.6 Å². The van der Waals surface area contributed by atoms with Gasteiger partial charge in [-0.3, -0.25) is 9.89 Å². The molecule has 0 radical (unpaired) electrons. The first kappa shape index (κ1) is 13.2. The number of aromatic amines is 1. The van der Waals surface area contributed by atoms with Crippen molar-refractivity contribution < 1.29 is 9.53 Å². The number of nitrogens with zero attached hydrogens (tertiary/aromatic N) is 2. The number of H-pyrrole nitrogens is 1. The van der Waals surface area contributed by atoms with Crippen LogP contribution in [-0.2, 0) is 0 Å². The molecule has 0 spiro atoms. The van der Waals surface area contributed by atoms with Crippen LogP contribution in [0.25, 0.3) is 0 Å². The van der Waals surface area contributed by atoms with E-state index < -0.39 is 5.91 Å². The van der Waals surface area contributed by atoms with Crippen LogP contribution in [0.3, 0.4) is 0 Å². The molecule has 2 rings (SSSR count). The average molecular weight is 282 g/mol. The lowest BCUT2D eigenvalue weighted by Crippen LogP contribution is -2.14. The first-order valence-electron chi connectivity index (χ1n) is 5.34. The van der Waals surface area contributed by atoms with E-state index in [9.17, 15) is 4.79 Å². The van der Waals surface area contributed by atoms with Crippen molar-refractivity contribution in [2.45, 2.75) is 6.92 Å². The predicted molar refractivity (Wildman–Crippen MR) is 71.5 cm³/mol. The molecule has 1 amide bonds. The second-order valence-corrected chi connectivity index (χ2v) is 4.21. The quantitative estimate of drug-likeness (QED) is 0.792. The number of nitrogens with one attached hydrogen (secondary N) is 2. The summed E-state index contributed by atoms with van der Waals surface area (Å²) in [5.74, 6) is 0.0113. The number of nitrogen functional groups attached to an aromatic ring is 1. The van der Waals surface area contributed by atoms with Gasteiger partial charge in [-0.15, -0.1) is 5.10 Å². The van der Waals surface area contributed by atoms with Crippen LogP contribution in [0, 0.1) is 6.92 Å². The van der Waals surface area contributed by atoms with Crippen LogP contribution in [0.15, 0.2) is 12.1 Å². The summed E-state index contributed by atoms with van der Waals surface area (Å²) in [4.78, 5) is 15.6. The lowest BCUT2D eigenvalue weighted by atomic mass is 10.2. The van der Waals surface area contributed by atoms with E-state index in [1.807, 2.05) is 6.92 Å². The maximum atomic E-state index is 11.9.